The van der Waals surface area contributed by atoms with Gasteiger partial charge >= 0.3 is 45.6 Å². The summed E-state index contributed by atoms with van der Waals surface area (Å²) < 4.78 is 0.644. The van der Waals surface area contributed by atoms with Crippen molar-refractivity contribution in [1.29, 1.82) is 0 Å². The van der Waals surface area contributed by atoms with Crippen LogP contribution in [0, 0.1) is 0 Å². The van der Waals surface area contributed by atoms with Gasteiger partial charge in [0.15, 0.2) is 0 Å². The average molecular weight is 265 g/mol. The number of hydrogen-bond donors (Lipinski definition) is 2. The summed E-state index contributed by atoms with van der Waals surface area (Å²) in [5, 5.41) is 0. The monoisotopic (exact) mass is 267 g/mol. The van der Waals surface area contributed by atoms with Gasteiger partial charge in [-0.15, -0.1) is 0 Å². The van der Waals surface area contributed by atoms with Crippen LogP contribution in [0.2, 0.25) is 0 Å². The minimum atomic E-state index is 0.644. The molecule has 0 unspecified atom stereocenters. The van der Waals surface area contributed by atoms with Gasteiger partial charge in [0.2, 0.25) is 0 Å². The summed E-state index contributed by atoms with van der Waals surface area (Å²) in [4.78, 5) is 0. The van der Waals surface area contributed by atoms with Crippen LogP contribution in [-0.2, 0) is 18.6 Å². The van der Waals surface area contributed by atoms with Crippen LogP contribution in [0.25, 0.3) is 0 Å². The first-order valence-corrected chi connectivity index (χ1v) is 2.60. The SMILES string of the molecule is NN[C](=S)[Os]. The maximum atomic E-state index is 4.79. The molecule has 3 N–H and O–H groups in total. The summed E-state index contributed by atoms with van der Waals surface area (Å²) in [7, 11) is 0. The minimum absolute atomic E-state index is 0.644. The fraction of sp³-hybridized carbons (Fsp3) is 0. The second-order valence-electron chi connectivity index (χ2n) is 0.407. The quantitative estimate of drug-likeness (QED) is 0.345. The fourth-order valence-corrected chi connectivity index (χ4v) is 0. The van der Waals surface area contributed by atoms with Crippen LogP contribution in [0.1, 0.15) is 0 Å². The summed E-state index contributed by atoms with van der Waals surface area (Å²) in [6.07, 6.45) is 0. The molecule has 0 aromatic carbocycles. The Morgan fingerprint density at radius 2 is 2.20 bits per heavy atom. The van der Waals surface area contributed by atoms with E-state index in [9.17, 15) is 0 Å². The molecule has 5 heavy (non-hydrogen) atoms. The number of hydrogen-bond acceptors (Lipinski definition) is 2. The second-order valence-corrected chi connectivity index (χ2v) is 2.95. The standard InChI is InChI=1S/CH3N2S.Os/c2-3-1-4;/h2H2,(H,3,4);. The van der Waals surface area contributed by atoms with Crippen molar-refractivity contribution < 1.29 is 18.6 Å². The summed E-state index contributed by atoms with van der Waals surface area (Å²) in [6, 6.07) is 0. The van der Waals surface area contributed by atoms with Gasteiger partial charge in [-0.25, -0.2) is 0 Å². The molecular formula is CH3N2OsS. The third kappa shape index (κ3) is 4.49. The predicted molar refractivity (Wildman–Crippen MR) is 19.9 cm³/mol. The molecule has 0 fully saturated rings. The Balaban J connectivity index is 2.85. The zero-order valence-corrected chi connectivity index (χ0v) is 5.70. The Hall–Kier alpha value is 0.486. The molecule has 0 aliphatic heterocycles. The van der Waals surface area contributed by atoms with E-state index in [-0.39, 0.29) is 0 Å². The molecule has 0 aliphatic carbocycles. The maximum absolute atomic E-state index is 4.79. The van der Waals surface area contributed by atoms with Crippen LogP contribution >= 0.6 is 12.2 Å². The van der Waals surface area contributed by atoms with Gasteiger partial charge in [-0.1, -0.05) is 0 Å². The number of thiocarbonyl (C=S) groups is 1. The molecule has 0 bridgehead atoms. The van der Waals surface area contributed by atoms with E-state index in [4.69, 9.17) is 5.84 Å². The third-order valence-corrected chi connectivity index (χ3v) is 0.594. The van der Waals surface area contributed by atoms with Crippen molar-refractivity contribution in [2.24, 2.45) is 5.84 Å². The first-order chi connectivity index (χ1) is 2.27. The zero-order chi connectivity index (χ0) is 4.28. The Bertz CT molecular complexity index is 44.9. The van der Waals surface area contributed by atoms with Gasteiger partial charge in [0.1, 0.15) is 0 Å². The Kier molecular flexibility index (Phi) is 2.97. The first-order valence-electron chi connectivity index (χ1n) is 0.920. The van der Waals surface area contributed by atoms with Gasteiger partial charge in [0.05, 0.1) is 0 Å². The van der Waals surface area contributed by atoms with Crippen LogP contribution in [-0.4, -0.2) is 3.54 Å². The molecule has 4 heteroatoms. The van der Waals surface area contributed by atoms with Gasteiger partial charge in [-0.3, -0.25) is 0 Å². The molecule has 0 aromatic rings. The molecule has 0 heterocycles. The van der Waals surface area contributed by atoms with E-state index in [0.29, 0.717) is 3.54 Å². The van der Waals surface area contributed by atoms with Crippen molar-refractivity contribution >= 4 is 15.8 Å². The molecule has 31 valence electrons. The second kappa shape index (κ2) is 2.71. The van der Waals surface area contributed by atoms with E-state index >= 15 is 0 Å². The van der Waals surface area contributed by atoms with Crippen molar-refractivity contribution in [3.8, 4) is 0 Å². The van der Waals surface area contributed by atoms with E-state index in [0.717, 1.165) is 0 Å². The number of rotatable bonds is 0. The number of nitrogens with two attached hydrogens (primary N) is 1. The van der Waals surface area contributed by atoms with Gasteiger partial charge in [0.25, 0.3) is 0 Å². The molecule has 0 aliphatic rings. The molecule has 0 spiro atoms. The number of nitrogens with one attached hydrogen (secondary N) is 1. The molecular weight excluding hydrogens is 262 g/mol. The van der Waals surface area contributed by atoms with E-state index in [1.165, 1.54) is 0 Å². The van der Waals surface area contributed by atoms with E-state index in [2.05, 4.69) is 17.6 Å². The van der Waals surface area contributed by atoms with Crippen LogP contribution in [0.5, 0.6) is 0 Å². The van der Waals surface area contributed by atoms with Crippen LogP contribution in [0.4, 0.5) is 0 Å². The van der Waals surface area contributed by atoms with Gasteiger partial charge < -0.3 is 0 Å². The summed E-state index contributed by atoms with van der Waals surface area (Å²) in [5.74, 6) is 4.79. The Morgan fingerprint density at radius 1 is 2.00 bits per heavy atom. The van der Waals surface area contributed by atoms with E-state index in [1.54, 1.807) is 18.6 Å². The van der Waals surface area contributed by atoms with Gasteiger partial charge in [0, 0.05) is 0 Å². The average Bonchev–Trinajstić information content (AvgIpc) is 1.38. The topological polar surface area (TPSA) is 38.0 Å². The van der Waals surface area contributed by atoms with Crippen molar-refractivity contribution in [3.63, 3.8) is 0 Å². The van der Waals surface area contributed by atoms with Crippen LogP contribution in [0.15, 0.2) is 0 Å². The molecule has 0 radical (unpaired) electrons. The summed E-state index contributed by atoms with van der Waals surface area (Å²) in [6.45, 7) is 0. The number of hydrazine groups is 1. The van der Waals surface area contributed by atoms with Crippen LogP contribution < -0.4 is 11.3 Å². The molecule has 0 rings (SSSR count). The molecule has 0 saturated carbocycles. The van der Waals surface area contributed by atoms with Crippen molar-refractivity contribution in [1.82, 2.24) is 5.43 Å². The normalized spacial score (nSPS) is 6.80. The third-order valence-electron chi connectivity index (χ3n) is 0.110. The van der Waals surface area contributed by atoms with Gasteiger partial charge in [-0.2, -0.15) is 0 Å². The summed E-state index contributed by atoms with van der Waals surface area (Å²) in [5.41, 5.74) is 2.27. The predicted octanol–water partition coefficient (Wildman–Crippen LogP) is -0.719. The molecule has 0 aromatic heterocycles. The zero-order valence-electron chi connectivity index (χ0n) is 2.34. The van der Waals surface area contributed by atoms with E-state index < -0.39 is 0 Å². The van der Waals surface area contributed by atoms with Crippen molar-refractivity contribution in [2.45, 2.75) is 0 Å². The molecule has 0 atom stereocenters. The first kappa shape index (κ1) is 5.49. The van der Waals surface area contributed by atoms with Crippen molar-refractivity contribution in [3.05, 3.63) is 0 Å². The van der Waals surface area contributed by atoms with Gasteiger partial charge in [-0.05, 0) is 0 Å². The fourth-order valence-electron chi connectivity index (χ4n) is 0. The molecule has 0 saturated heterocycles. The molecule has 2 nitrogen and oxygen atoms in total. The Labute approximate surface area is 46.0 Å². The summed E-state index contributed by atoms with van der Waals surface area (Å²) >= 11 is 6.02. The van der Waals surface area contributed by atoms with Crippen LogP contribution in [0.3, 0.4) is 0 Å². The van der Waals surface area contributed by atoms with Crippen molar-refractivity contribution in [2.75, 3.05) is 0 Å². The Morgan fingerprint density at radius 3 is 2.20 bits per heavy atom. The molecule has 0 amide bonds. The van der Waals surface area contributed by atoms with E-state index in [1.807, 2.05) is 0 Å².